The molecule has 1 aliphatic heterocycles. The van der Waals surface area contributed by atoms with Crippen molar-refractivity contribution >= 4 is 5.97 Å². The number of ether oxygens (including phenoxy) is 1. The lowest BCUT2D eigenvalue weighted by Crippen LogP contribution is -2.30. The van der Waals surface area contributed by atoms with E-state index in [0.29, 0.717) is 12.0 Å². The molecule has 1 unspecified atom stereocenters. The maximum atomic E-state index is 11.3. The fourth-order valence-corrected chi connectivity index (χ4v) is 1.50. The fraction of sp³-hybridized carbons (Fsp3) is 0.300. The molecule has 0 saturated heterocycles. The third-order valence-electron chi connectivity index (χ3n) is 2.16. The highest BCUT2D eigenvalue weighted by molar-refractivity contribution is 5.92. The molecule has 3 heteroatoms. The Bertz CT molecular complexity index is 333. The maximum absolute atomic E-state index is 11.3. The molecule has 1 atom stereocenters. The third kappa shape index (κ3) is 1.42. The molecule has 0 bridgehead atoms. The van der Waals surface area contributed by atoms with E-state index in [9.17, 15) is 4.79 Å². The largest absolute Gasteiger partial charge is 0.456 e. The number of cyclic esters (lactones) is 1. The molecule has 0 saturated carbocycles. The highest BCUT2D eigenvalue weighted by atomic mass is 16.6. The number of rotatable bonds is 1. The van der Waals surface area contributed by atoms with E-state index >= 15 is 0 Å². The Balaban J connectivity index is 2.37. The first-order valence-corrected chi connectivity index (χ1v) is 4.21. The molecule has 13 heavy (non-hydrogen) atoms. The summed E-state index contributed by atoms with van der Waals surface area (Å²) in [7, 11) is 0. The summed E-state index contributed by atoms with van der Waals surface area (Å²) in [5.74, 6) is -0.332. The van der Waals surface area contributed by atoms with E-state index in [1.807, 2.05) is 12.1 Å². The van der Waals surface area contributed by atoms with E-state index in [0.717, 1.165) is 5.56 Å². The van der Waals surface area contributed by atoms with Gasteiger partial charge in [0.05, 0.1) is 12.2 Å². The Morgan fingerprint density at radius 3 is 3.00 bits per heavy atom. The van der Waals surface area contributed by atoms with Gasteiger partial charge in [-0.1, -0.05) is 18.2 Å². The second-order valence-corrected chi connectivity index (χ2v) is 3.07. The van der Waals surface area contributed by atoms with Crippen molar-refractivity contribution in [1.29, 1.82) is 0 Å². The Morgan fingerprint density at radius 1 is 1.46 bits per heavy atom. The molecule has 3 nitrogen and oxygen atoms in total. The number of fused-ring (bicyclic) bond motifs is 1. The average Bonchev–Trinajstić information content (AvgIpc) is 2.18. The van der Waals surface area contributed by atoms with Crippen LogP contribution in [-0.4, -0.2) is 23.8 Å². The smallest absolute Gasteiger partial charge is 0.338 e. The number of carbonyl (C=O) groups is 1. The van der Waals surface area contributed by atoms with Crippen molar-refractivity contribution in [1.82, 2.24) is 0 Å². The van der Waals surface area contributed by atoms with Crippen molar-refractivity contribution in [3.8, 4) is 0 Å². The molecule has 1 N–H and O–H groups in total. The van der Waals surface area contributed by atoms with Crippen LogP contribution in [0.2, 0.25) is 0 Å². The van der Waals surface area contributed by atoms with Gasteiger partial charge >= 0.3 is 5.97 Å². The van der Waals surface area contributed by atoms with Gasteiger partial charge in [-0.3, -0.25) is 0 Å². The van der Waals surface area contributed by atoms with Crippen molar-refractivity contribution in [2.75, 3.05) is 6.61 Å². The highest BCUT2D eigenvalue weighted by Crippen LogP contribution is 2.19. The van der Waals surface area contributed by atoms with Gasteiger partial charge < -0.3 is 9.84 Å². The summed E-state index contributed by atoms with van der Waals surface area (Å²) < 4.78 is 4.97. The Hall–Kier alpha value is -1.35. The minimum absolute atomic E-state index is 0.111. The van der Waals surface area contributed by atoms with Gasteiger partial charge in [-0.05, 0) is 11.6 Å². The number of aliphatic hydroxyl groups is 1. The first-order chi connectivity index (χ1) is 6.31. The molecule has 68 valence electrons. The maximum Gasteiger partial charge on any atom is 0.338 e. The van der Waals surface area contributed by atoms with E-state index in [1.54, 1.807) is 12.1 Å². The molecule has 1 aromatic carbocycles. The predicted molar refractivity (Wildman–Crippen MR) is 46.4 cm³/mol. The molecule has 0 aromatic heterocycles. The van der Waals surface area contributed by atoms with Gasteiger partial charge in [0, 0.05) is 6.42 Å². The molecule has 1 aliphatic rings. The first kappa shape index (κ1) is 8.26. The van der Waals surface area contributed by atoms with Crippen LogP contribution in [0.15, 0.2) is 24.3 Å². The van der Waals surface area contributed by atoms with Crippen LogP contribution in [-0.2, 0) is 11.2 Å². The highest BCUT2D eigenvalue weighted by Gasteiger charge is 2.24. The van der Waals surface area contributed by atoms with E-state index < -0.39 is 0 Å². The number of esters is 1. The quantitative estimate of drug-likeness (QED) is 0.646. The van der Waals surface area contributed by atoms with Crippen molar-refractivity contribution in [2.45, 2.75) is 12.5 Å². The lowest BCUT2D eigenvalue weighted by atomic mass is 9.99. The van der Waals surface area contributed by atoms with Crippen LogP contribution in [0, 0.1) is 0 Å². The third-order valence-corrected chi connectivity index (χ3v) is 2.16. The van der Waals surface area contributed by atoms with Crippen molar-refractivity contribution < 1.29 is 14.6 Å². The van der Waals surface area contributed by atoms with Crippen LogP contribution in [0.5, 0.6) is 0 Å². The number of aliphatic hydroxyl groups excluding tert-OH is 1. The molecule has 0 aliphatic carbocycles. The molecule has 0 radical (unpaired) electrons. The molecule has 0 spiro atoms. The second-order valence-electron chi connectivity index (χ2n) is 3.07. The van der Waals surface area contributed by atoms with Gasteiger partial charge in [0.2, 0.25) is 0 Å². The van der Waals surface area contributed by atoms with Crippen LogP contribution in [0.25, 0.3) is 0 Å². The SMILES string of the molecule is O=C1OC(CO)Cc2ccccc21. The minimum Gasteiger partial charge on any atom is -0.456 e. The van der Waals surface area contributed by atoms with Crippen molar-refractivity contribution in [2.24, 2.45) is 0 Å². The van der Waals surface area contributed by atoms with Crippen molar-refractivity contribution in [3.63, 3.8) is 0 Å². The topological polar surface area (TPSA) is 46.5 Å². The molecule has 1 heterocycles. The van der Waals surface area contributed by atoms with Gasteiger partial charge in [0.15, 0.2) is 0 Å². The summed E-state index contributed by atoms with van der Waals surface area (Å²) >= 11 is 0. The summed E-state index contributed by atoms with van der Waals surface area (Å²) in [6, 6.07) is 7.31. The van der Waals surface area contributed by atoms with E-state index in [2.05, 4.69) is 0 Å². The predicted octanol–water partition coefficient (Wildman–Crippen LogP) is 0.760. The van der Waals surface area contributed by atoms with Crippen LogP contribution in [0.1, 0.15) is 15.9 Å². The standard InChI is InChI=1S/C10H10O3/c11-6-8-5-7-3-1-2-4-9(7)10(12)13-8/h1-4,8,11H,5-6H2. The molecule has 0 fully saturated rings. The van der Waals surface area contributed by atoms with Crippen LogP contribution in [0.4, 0.5) is 0 Å². The number of hydrogen-bond acceptors (Lipinski definition) is 3. The number of benzene rings is 1. The van der Waals surface area contributed by atoms with Crippen LogP contribution in [0.3, 0.4) is 0 Å². The average molecular weight is 178 g/mol. The van der Waals surface area contributed by atoms with Crippen molar-refractivity contribution in [3.05, 3.63) is 35.4 Å². The summed E-state index contributed by atoms with van der Waals surface area (Å²) in [5, 5.41) is 8.86. The zero-order valence-electron chi connectivity index (χ0n) is 7.06. The summed E-state index contributed by atoms with van der Waals surface area (Å²) in [6.07, 6.45) is 0.237. The molecular weight excluding hydrogens is 168 g/mol. The lowest BCUT2D eigenvalue weighted by Gasteiger charge is -2.22. The Labute approximate surface area is 76.0 Å². The first-order valence-electron chi connectivity index (χ1n) is 4.21. The summed E-state index contributed by atoms with van der Waals surface area (Å²) in [4.78, 5) is 11.3. The van der Waals surface area contributed by atoms with E-state index in [-0.39, 0.29) is 18.7 Å². The number of carbonyl (C=O) groups excluding carboxylic acids is 1. The van der Waals surface area contributed by atoms with E-state index in [4.69, 9.17) is 9.84 Å². The molecule has 1 aromatic rings. The lowest BCUT2D eigenvalue weighted by molar-refractivity contribution is 0.00939. The zero-order valence-corrected chi connectivity index (χ0v) is 7.06. The molecular formula is C10H10O3. The Morgan fingerprint density at radius 2 is 2.23 bits per heavy atom. The van der Waals surface area contributed by atoms with Gasteiger partial charge in [0.1, 0.15) is 6.10 Å². The second kappa shape index (κ2) is 3.18. The van der Waals surface area contributed by atoms with Gasteiger partial charge in [0.25, 0.3) is 0 Å². The fourth-order valence-electron chi connectivity index (χ4n) is 1.50. The molecule has 0 amide bonds. The summed E-state index contributed by atoms with van der Waals surface area (Å²) in [5.41, 5.74) is 1.57. The Kier molecular flexibility index (Phi) is 2.02. The number of hydrogen-bond donors (Lipinski definition) is 1. The van der Waals surface area contributed by atoms with E-state index in [1.165, 1.54) is 0 Å². The zero-order chi connectivity index (χ0) is 9.26. The van der Waals surface area contributed by atoms with Gasteiger partial charge in [-0.15, -0.1) is 0 Å². The van der Waals surface area contributed by atoms with Crippen LogP contribution < -0.4 is 0 Å². The van der Waals surface area contributed by atoms with Gasteiger partial charge in [-0.2, -0.15) is 0 Å². The minimum atomic E-state index is -0.373. The molecule has 2 rings (SSSR count). The summed E-state index contributed by atoms with van der Waals surface area (Å²) in [6.45, 7) is -0.111. The van der Waals surface area contributed by atoms with Crippen LogP contribution >= 0.6 is 0 Å². The monoisotopic (exact) mass is 178 g/mol. The van der Waals surface area contributed by atoms with Gasteiger partial charge in [-0.25, -0.2) is 4.79 Å². The normalized spacial score (nSPS) is 20.7.